The van der Waals surface area contributed by atoms with Crippen molar-refractivity contribution in [2.75, 3.05) is 13.2 Å². The summed E-state index contributed by atoms with van der Waals surface area (Å²) in [7, 11) is 0. The number of nitrogens with two attached hydrogens (primary N) is 1. The third-order valence-electron chi connectivity index (χ3n) is 1.92. The lowest BCUT2D eigenvalue weighted by Crippen LogP contribution is -2.19. The molecule has 0 fully saturated rings. The fourth-order valence-corrected chi connectivity index (χ4v) is 2.76. The molecule has 0 radical (unpaired) electrons. The van der Waals surface area contributed by atoms with Gasteiger partial charge in [0, 0.05) is 12.6 Å². The lowest BCUT2D eigenvalue weighted by Gasteiger charge is -2.12. The molecule has 8 heteroatoms. The number of halogens is 5. The molecule has 17 heavy (non-hydrogen) atoms. The summed E-state index contributed by atoms with van der Waals surface area (Å²) in [5, 5.41) is 0. The lowest BCUT2D eigenvalue weighted by atomic mass is 10.1. The normalized spacial score (nSPS) is 14.0. The largest absolute Gasteiger partial charge is 0.411 e. The van der Waals surface area contributed by atoms with Gasteiger partial charge in [0.15, 0.2) is 0 Å². The zero-order chi connectivity index (χ0) is 13.1. The summed E-state index contributed by atoms with van der Waals surface area (Å²) in [6, 6.07) is 1.14. The van der Waals surface area contributed by atoms with Crippen LogP contribution in [0.3, 0.4) is 0 Å². The Kier molecular flexibility index (Phi) is 5.53. The molecule has 1 heterocycles. The van der Waals surface area contributed by atoms with E-state index in [1.165, 1.54) is 11.3 Å². The highest BCUT2D eigenvalue weighted by Crippen LogP contribution is 2.35. The van der Waals surface area contributed by atoms with Gasteiger partial charge in [0.2, 0.25) is 0 Å². The van der Waals surface area contributed by atoms with Crippen molar-refractivity contribution < 1.29 is 17.9 Å². The summed E-state index contributed by atoms with van der Waals surface area (Å²) in [5.41, 5.74) is 6.40. The average molecular weight is 308 g/mol. The molecule has 2 N–H and O–H groups in total. The first-order valence-electron chi connectivity index (χ1n) is 4.64. The predicted molar refractivity (Wildman–Crippen MR) is 62.8 cm³/mol. The highest BCUT2D eigenvalue weighted by atomic mass is 35.5. The molecule has 0 aliphatic rings. The van der Waals surface area contributed by atoms with Crippen LogP contribution < -0.4 is 5.73 Å². The number of rotatable bonds is 5. The molecule has 2 nitrogen and oxygen atoms in total. The van der Waals surface area contributed by atoms with Gasteiger partial charge >= 0.3 is 6.18 Å². The van der Waals surface area contributed by atoms with Crippen molar-refractivity contribution >= 4 is 34.5 Å². The summed E-state index contributed by atoms with van der Waals surface area (Å²) in [6.45, 7) is -1.34. The van der Waals surface area contributed by atoms with Gasteiger partial charge < -0.3 is 10.5 Å². The second-order valence-electron chi connectivity index (χ2n) is 3.34. The van der Waals surface area contributed by atoms with Crippen LogP contribution in [-0.2, 0) is 4.74 Å². The van der Waals surface area contributed by atoms with Crippen LogP contribution in [0.15, 0.2) is 6.07 Å². The average Bonchev–Trinajstić information content (AvgIpc) is 2.51. The van der Waals surface area contributed by atoms with Gasteiger partial charge in [0.05, 0.1) is 8.67 Å². The van der Waals surface area contributed by atoms with Crippen molar-refractivity contribution in [3.63, 3.8) is 0 Å². The Morgan fingerprint density at radius 1 is 1.41 bits per heavy atom. The molecular formula is C9H10Cl2F3NOS. The number of alkyl halides is 3. The standard InChI is InChI=1S/C9H10Cl2F3NOS/c10-7-3-5(8(11)17-7)6(15)1-2-16-4-9(12,13)14/h3,6H,1-2,4,15H2. The number of hydrogen-bond acceptors (Lipinski definition) is 3. The monoisotopic (exact) mass is 307 g/mol. The molecule has 0 bridgehead atoms. The molecule has 0 spiro atoms. The molecule has 1 aromatic heterocycles. The second-order valence-corrected chi connectivity index (χ2v) is 5.63. The van der Waals surface area contributed by atoms with Gasteiger partial charge in [-0.05, 0) is 18.1 Å². The molecule has 1 rings (SSSR count). The van der Waals surface area contributed by atoms with E-state index in [9.17, 15) is 13.2 Å². The zero-order valence-corrected chi connectivity index (χ0v) is 10.9. The van der Waals surface area contributed by atoms with E-state index in [2.05, 4.69) is 4.74 Å². The van der Waals surface area contributed by atoms with E-state index in [1.807, 2.05) is 0 Å². The molecule has 0 aromatic carbocycles. The topological polar surface area (TPSA) is 35.2 Å². The second kappa shape index (κ2) is 6.24. The van der Waals surface area contributed by atoms with Crippen LogP contribution in [0.5, 0.6) is 0 Å². The van der Waals surface area contributed by atoms with E-state index in [4.69, 9.17) is 28.9 Å². The number of thiophene rings is 1. The van der Waals surface area contributed by atoms with Gasteiger partial charge in [-0.15, -0.1) is 11.3 Å². The minimum atomic E-state index is -4.31. The molecule has 0 amide bonds. The van der Waals surface area contributed by atoms with Crippen LogP contribution in [0.2, 0.25) is 8.67 Å². The Labute approximate surface area is 110 Å². The highest BCUT2D eigenvalue weighted by molar-refractivity contribution is 7.20. The van der Waals surface area contributed by atoms with E-state index in [1.54, 1.807) is 6.07 Å². The lowest BCUT2D eigenvalue weighted by molar-refractivity contribution is -0.174. The van der Waals surface area contributed by atoms with Gasteiger partial charge in [-0.2, -0.15) is 13.2 Å². The van der Waals surface area contributed by atoms with Gasteiger partial charge in [0.1, 0.15) is 6.61 Å². The van der Waals surface area contributed by atoms with Crippen LogP contribution in [0.4, 0.5) is 13.2 Å². The van der Waals surface area contributed by atoms with Crippen LogP contribution >= 0.6 is 34.5 Å². The van der Waals surface area contributed by atoms with Crippen molar-refractivity contribution in [1.29, 1.82) is 0 Å². The maximum absolute atomic E-state index is 11.8. The summed E-state index contributed by atoms with van der Waals surface area (Å²) < 4.78 is 40.7. The van der Waals surface area contributed by atoms with Gasteiger partial charge in [0.25, 0.3) is 0 Å². The van der Waals surface area contributed by atoms with Gasteiger partial charge in [-0.1, -0.05) is 23.2 Å². The van der Waals surface area contributed by atoms with Crippen LogP contribution in [0, 0.1) is 0 Å². The van der Waals surface area contributed by atoms with E-state index in [0.29, 0.717) is 14.2 Å². The predicted octanol–water partition coefficient (Wildman–Crippen LogP) is 4.02. The molecule has 0 aliphatic heterocycles. The number of hydrogen-bond donors (Lipinski definition) is 1. The fraction of sp³-hybridized carbons (Fsp3) is 0.556. The van der Waals surface area contributed by atoms with Crippen molar-refractivity contribution in [3.05, 3.63) is 20.3 Å². The maximum Gasteiger partial charge on any atom is 0.411 e. The SMILES string of the molecule is NC(CCOCC(F)(F)F)c1cc(Cl)sc1Cl. The Morgan fingerprint density at radius 2 is 2.06 bits per heavy atom. The minimum Gasteiger partial charge on any atom is -0.372 e. The van der Waals surface area contributed by atoms with E-state index in [-0.39, 0.29) is 13.0 Å². The summed E-state index contributed by atoms with van der Waals surface area (Å²) in [4.78, 5) is 0. The van der Waals surface area contributed by atoms with E-state index < -0.39 is 18.8 Å². The molecule has 0 saturated heterocycles. The van der Waals surface area contributed by atoms with Crippen LogP contribution in [0.1, 0.15) is 18.0 Å². The molecule has 98 valence electrons. The summed E-state index contributed by atoms with van der Waals surface area (Å²) >= 11 is 12.8. The molecule has 0 saturated carbocycles. The van der Waals surface area contributed by atoms with Crippen molar-refractivity contribution in [2.45, 2.75) is 18.6 Å². The van der Waals surface area contributed by atoms with E-state index in [0.717, 1.165) is 0 Å². The van der Waals surface area contributed by atoms with E-state index >= 15 is 0 Å². The Hall–Kier alpha value is -0.0100. The summed E-state index contributed by atoms with van der Waals surface area (Å²) in [5.74, 6) is 0. The Balaban J connectivity index is 2.35. The third-order valence-corrected chi connectivity index (χ3v) is 3.44. The maximum atomic E-state index is 11.8. The molecule has 0 aliphatic carbocycles. The van der Waals surface area contributed by atoms with Gasteiger partial charge in [-0.25, -0.2) is 0 Å². The fourth-order valence-electron chi connectivity index (χ4n) is 1.16. The Bertz CT molecular complexity index is 370. The first-order chi connectivity index (χ1) is 7.79. The third kappa shape index (κ3) is 5.44. The first-order valence-corrected chi connectivity index (χ1v) is 6.21. The van der Waals surface area contributed by atoms with Gasteiger partial charge in [-0.3, -0.25) is 0 Å². The quantitative estimate of drug-likeness (QED) is 0.834. The minimum absolute atomic E-state index is 0.0789. The van der Waals surface area contributed by atoms with Crippen LogP contribution in [-0.4, -0.2) is 19.4 Å². The van der Waals surface area contributed by atoms with Crippen LogP contribution in [0.25, 0.3) is 0 Å². The molecule has 1 atom stereocenters. The highest BCUT2D eigenvalue weighted by Gasteiger charge is 2.27. The summed E-state index contributed by atoms with van der Waals surface area (Å²) in [6.07, 6.45) is -4.06. The molecular weight excluding hydrogens is 298 g/mol. The zero-order valence-electron chi connectivity index (χ0n) is 8.56. The Morgan fingerprint density at radius 3 is 2.53 bits per heavy atom. The first kappa shape index (κ1) is 15.0. The van der Waals surface area contributed by atoms with Crippen molar-refractivity contribution in [3.8, 4) is 0 Å². The number of ether oxygens (including phenoxy) is 1. The smallest absolute Gasteiger partial charge is 0.372 e. The molecule has 1 unspecified atom stereocenters. The van der Waals surface area contributed by atoms with Crippen molar-refractivity contribution in [1.82, 2.24) is 0 Å². The molecule has 1 aromatic rings. The van der Waals surface area contributed by atoms with Crippen molar-refractivity contribution in [2.24, 2.45) is 5.73 Å².